The average molecular weight is 262 g/mol. The number of nitrogens with one attached hydrogen (secondary N) is 1. The Labute approximate surface area is 109 Å². The first-order valence-electron chi connectivity index (χ1n) is 5.49. The predicted octanol–water partition coefficient (Wildman–Crippen LogP) is 1.75. The first-order valence-corrected chi connectivity index (χ1v) is 6.37. The van der Waals surface area contributed by atoms with Gasteiger partial charge in [-0.25, -0.2) is 9.97 Å². The fraction of sp³-hybridized carbons (Fsp3) is 0.250. The van der Waals surface area contributed by atoms with Crippen molar-refractivity contribution in [2.24, 2.45) is 5.73 Å². The largest absolute Gasteiger partial charge is 0.477 e. The van der Waals surface area contributed by atoms with Crippen molar-refractivity contribution in [1.82, 2.24) is 9.97 Å². The van der Waals surface area contributed by atoms with Crippen LogP contribution in [0, 0.1) is 12.3 Å². The van der Waals surface area contributed by atoms with Crippen LogP contribution in [0.25, 0.3) is 0 Å². The predicted molar refractivity (Wildman–Crippen MR) is 71.3 cm³/mol. The zero-order valence-electron chi connectivity index (χ0n) is 10.0. The first kappa shape index (κ1) is 12.5. The maximum Gasteiger partial charge on any atom is 0.213 e. The minimum atomic E-state index is 0.00864. The van der Waals surface area contributed by atoms with E-state index in [1.165, 1.54) is 11.1 Å². The number of thiazole rings is 1. The molecule has 0 amide bonds. The summed E-state index contributed by atoms with van der Waals surface area (Å²) in [5.74, 6) is 0.552. The molecule has 0 aromatic carbocycles. The van der Waals surface area contributed by atoms with E-state index in [9.17, 15) is 0 Å². The molecule has 94 valence electrons. The van der Waals surface area contributed by atoms with E-state index in [1.807, 2.05) is 12.4 Å². The third-order valence-electron chi connectivity index (χ3n) is 2.47. The molecule has 18 heavy (non-hydrogen) atoms. The number of ether oxygens (including phenoxy) is 1. The Bertz CT molecular complexity index is 535. The minimum absolute atomic E-state index is 0.00864. The van der Waals surface area contributed by atoms with Crippen molar-refractivity contribution in [1.29, 1.82) is 5.41 Å². The average Bonchev–Trinajstić information content (AvgIpc) is 2.76. The summed E-state index contributed by atoms with van der Waals surface area (Å²) < 4.78 is 5.53. The fourth-order valence-corrected chi connectivity index (χ4v) is 2.20. The van der Waals surface area contributed by atoms with E-state index in [0.29, 0.717) is 18.1 Å². The number of pyridine rings is 1. The minimum Gasteiger partial charge on any atom is -0.477 e. The van der Waals surface area contributed by atoms with Gasteiger partial charge in [0.1, 0.15) is 5.84 Å². The van der Waals surface area contributed by atoms with Crippen molar-refractivity contribution in [3.8, 4) is 5.88 Å². The number of nitrogens with zero attached hydrogens (tertiary/aromatic N) is 2. The molecule has 0 saturated heterocycles. The molecule has 0 unspecified atom stereocenters. The summed E-state index contributed by atoms with van der Waals surface area (Å²) in [6, 6.07) is 3.44. The molecule has 2 heterocycles. The molecule has 5 nitrogen and oxygen atoms in total. The van der Waals surface area contributed by atoms with Crippen LogP contribution in [0.1, 0.15) is 16.1 Å². The third-order valence-corrected chi connectivity index (χ3v) is 3.47. The fourth-order valence-electron chi connectivity index (χ4n) is 1.44. The molecule has 2 aromatic heterocycles. The number of nitrogen functional groups attached to an aromatic ring is 1. The molecule has 0 bridgehead atoms. The van der Waals surface area contributed by atoms with Crippen molar-refractivity contribution in [3.05, 3.63) is 40.0 Å². The third kappa shape index (κ3) is 3.04. The Kier molecular flexibility index (Phi) is 3.88. The number of hydrogen-bond donors (Lipinski definition) is 2. The van der Waals surface area contributed by atoms with E-state index in [4.69, 9.17) is 15.9 Å². The van der Waals surface area contributed by atoms with Crippen molar-refractivity contribution < 1.29 is 4.74 Å². The summed E-state index contributed by atoms with van der Waals surface area (Å²) in [6.07, 6.45) is 2.36. The molecule has 2 rings (SSSR count). The highest BCUT2D eigenvalue weighted by molar-refractivity contribution is 7.09. The number of rotatable bonds is 5. The van der Waals surface area contributed by atoms with Crippen LogP contribution in [0.2, 0.25) is 0 Å². The maximum atomic E-state index is 7.25. The molecule has 0 aliphatic carbocycles. The molecular formula is C12H14N4OS. The smallest absolute Gasteiger partial charge is 0.213 e. The summed E-state index contributed by atoms with van der Waals surface area (Å²) in [5, 5.41) is 7.25. The van der Waals surface area contributed by atoms with E-state index in [1.54, 1.807) is 23.5 Å². The van der Waals surface area contributed by atoms with Gasteiger partial charge in [0.25, 0.3) is 0 Å². The number of hydrogen-bond acceptors (Lipinski definition) is 5. The van der Waals surface area contributed by atoms with Gasteiger partial charge in [-0.05, 0) is 13.0 Å². The van der Waals surface area contributed by atoms with Gasteiger partial charge in [-0.15, -0.1) is 11.3 Å². The Balaban J connectivity index is 1.87. The lowest BCUT2D eigenvalue weighted by atomic mass is 10.3. The topological polar surface area (TPSA) is 84.9 Å². The molecule has 6 heteroatoms. The van der Waals surface area contributed by atoms with Crippen LogP contribution in [0.15, 0.2) is 23.8 Å². The highest BCUT2D eigenvalue weighted by atomic mass is 32.1. The van der Waals surface area contributed by atoms with Gasteiger partial charge in [0.2, 0.25) is 5.88 Å². The van der Waals surface area contributed by atoms with Crippen LogP contribution in [0.4, 0.5) is 0 Å². The van der Waals surface area contributed by atoms with Gasteiger partial charge in [-0.2, -0.15) is 0 Å². The monoisotopic (exact) mass is 262 g/mol. The van der Waals surface area contributed by atoms with Crippen LogP contribution in [-0.2, 0) is 6.42 Å². The van der Waals surface area contributed by atoms with Crippen molar-refractivity contribution in [2.75, 3.05) is 6.61 Å². The lowest BCUT2D eigenvalue weighted by molar-refractivity contribution is 0.310. The van der Waals surface area contributed by atoms with Crippen LogP contribution in [-0.4, -0.2) is 22.4 Å². The normalized spacial score (nSPS) is 10.3. The van der Waals surface area contributed by atoms with Gasteiger partial charge >= 0.3 is 0 Å². The summed E-state index contributed by atoms with van der Waals surface area (Å²) in [4.78, 5) is 9.50. The molecule has 0 fully saturated rings. The second-order valence-electron chi connectivity index (χ2n) is 3.76. The Morgan fingerprint density at radius 3 is 2.83 bits per heavy atom. The van der Waals surface area contributed by atoms with Crippen LogP contribution in [0.5, 0.6) is 5.88 Å². The van der Waals surface area contributed by atoms with Crippen LogP contribution in [0.3, 0.4) is 0 Å². The highest BCUT2D eigenvalue weighted by Gasteiger charge is 2.03. The van der Waals surface area contributed by atoms with Crippen LogP contribution < -0.4 is 10.5 Å². The van der Waals surface area contributed by atoms with E-state index in [0.717, 1.165) is 12.1 Å². The Hall–Kier alpha value is -1.95. The molecular weight excluding hydrogens is 248 g/mol. The lowest BCUT2D eigenvalue weighted by Crippen LogP contribution is -2.11. The number of aryl methyl sites for hydroxylation is 1. The van der Waals surface area contributed by atoms with Gasteiger partial charge in [-0.1, -0.05) is 0 Å². The quantitative estimate of drug-likeness (QED) is 0.635. The zero-order valence-corrected chi connectivity index (χ0v) is 10.8. The van der Waals surface area contributed by atoms with Gasteiger partial charge in [-0.3, -0.25) is 5.41 Å². The molecule has 0 saturated carbocycles. The second kappa shape index (κ2) is 5.59. The summed E-state index contributed by atoms with van der Waals surface area (Å²) in [7, 11) is 0. The lowest BCUT2D eigenvalue weighted by Gasteiger charge is -2.05. The van der Waals surface area contributed by atoms with Gasteiger partial charge < -0.3 is 10.5 Å². The molecule has 0 spiro atoms. The van der Waals surface area contributed by atoms with Gasteiger partial charge in [0.05, 0.1) is 17.8 Å². The van der Waals surface area contributed by atoms with Gasteiger partial charge in [0.15, 0.2) is 0 Å². The SMILES string of the molecule is Cc1ncsc1CCOc1ccc(C(=N)N)cn1. The molecule has 0 atom stereocenters. The van der Waals surface area contributed by atoms with E-state index >= 15 is 0 Å². The van der Waals surface area contributed by atoms with Crippen LogP contribution >= 0.6 is 11.3 Å². The van der Waals surface area contributed by atoms with E-state index < -0.39 is 0 Å². The first-order chi connectivity index (χ1) is 8.66. The Morgan fingerprint density at radius 2 is 2.28 bits per heavy atom. The van der Waals surface area contributed by atoms with Crippen molar-refractivity contribution >= 4 is 17.2 Å². The van der Waals surface area contributed by atoms with Gasteiger partial charge in [0, 0.05) is 29.1 Å². The number of aromatic nitrogens is 2. The summed E-state index contributed by atoms with van der Waals surface area (Å²) in [6.45, 7) is 2.56. The Morgan fingerprint density at radius 1 is 1.44 bits per heavy atom. The molecule has 0 aliphatic heterocycles. The van der Waals surface area contributed by atoms with E-state index in [2.05, 4.69) is 9.97 Å². The highest BCUT2D eigenvalue weighted by Crippen LogP contribution is 2.13. The zero-order chi connectivity index (χ0) is 13.0. The molecule has 2 aromatic rings. The van der Waals surface area contributed by atoms with E-state index in [-0.39, 0.29) is 5.84 Å². The summed E-state index contributed by atoms with van der Waals surface area (Å²) in [5.41, 5.74) is 8.84. The molecule has 0 aliphatic rings. The standard InChI is InChI=1S/C12H14N4OS/c1-8-10(18-7-16-8)4-5-17-11-3-2-9(6-15-11)12(13)14/h2-3,6-7H,4-5H2,1H3,(H3,13,14). The number of nitrogens with two attached hydrogens (primary N) is 1. The second-order valence-corrected chi connectivity index (χ2v) is 4.70. The maximum absolute atomic E-state index is 7.25. The number of amidine groups is 1. The molecule has 3 N–H and O–H groups in total. The summed E-state index contributed by atoms with van der Waals surface area (Å²) >= 11 is 1.63. The van der Waals surface area contributed by atoms with Crippen molar-refractivity contribution in [2.45, 2.75) is 13.3 Å². The van der Waals surface area contributed by atoms with Crippen molar-refractivity contribution in [3.63, 3.8) is 0 Å². The molecule has 0 radical (unpaired) electrons.